The summed E-state index contributed by atoms with van der Waals surface area (Å²) in [6.45, 7) is 7.37. The summed E-state index contributed by atoms with van der Waals surface area (Å²) in [6, 6.07) is 0. The fourth-order valence-corrected chi connectivity index (χ4v) is 2.07. The number of thioether (sulfide) groups is 1. The van der Waals surface area contributed by atoms with Crippen LogP contribution in [0.1, 0.15) is 34.1 Å². The number of hydrogen-bond acceptors (Lipinski definition) is 4. The van der Waals surface area contributed by atoms with Crippen LogP contribution in [-0.2, 0) is 9.59 Å². The lowest BCUT2D eigenvalue weighted by molar-refractivity contribution is -0.124. The zero-order chi connectivity index (χ0) is 15.0. The van der Waals surface area contributed by atoms with Gasteiger partial charge < -0.3 is 5.11 Å². The molecule has 0 aliphatic heterocycles. The van der Waals surface area contributed by atoms with Gasteiger partial charge in [0.05, 0.1) is 12.0 Å². The summed E-state index contributed by atoms with van der Waals surface area (Å²) in [5.74, 6) is -0.733. The molecular weight excluding hydrogens is 260 g/mol. The van der Waals surface area contributed by atoms with Crippen LogP contribution in [0, 0.1) is 11.8 Å². The molecule has 0 bridgehead atoms. The van der Waals surface area contributed by atoms with Crippen LogP contribution in [0.25, 0.3) is 0 Å². The van der Waals surface area contributed by atoms with E-state index in [1.54, 1.807) is 19.3 Å². The third kappa shape index (κ3) is 6.73. The van der Waals surface area contributed by atoms with Crippen LogP contribution >= 0.6 is 11.8 Å². The molecule has 0 aromatic rings. The van der Waals surface area contributed by atoms with Gasteiger partial charge in [-0.15, -0.1) is 0 Å². The Bertz CT molecular complexity index is 372. The van der Waals surface area contributed by atoms with Crippen molar-refractivity contribution in [3.8, 4) is 0 Å². The van der Waals surface area contributed by atoms with Gasteiger partial charge in [0.25, 0.3) is 0 Å². The third-order valence-corrected chi connectivity index (χ3v) is 3.80. The number of aliphatic hydroxyl groups is 1. The van der Waals surface area contributed by atoms with Gasteiger partial charge in [-0.05, 0) is 32.6 Å². The first-order chi connectivity index (χ1) is 8.83. The van der Waals surface area contributed by atoms with Crippen molar-refractivity contribution in [1.82, 2.24) is 0 Å². The molecule has 0 unspecified atom stereocenters. The Morgan fingerprint density at radius 3 is 2.32 bits per heavy atom. The highest BCUT2D eigenvalue weighted by atomic mass is 32.2. The van der Waals surface area contributed by atoms with Crippen LogP contribution in [-0.4, -0.2) is 28.4 Å². The van der Waals surface area contributed by atoms with Gasteiger partial charge in [-0.1, -0.05) is 43.3 Å². The molecule has 0 aromatic carbocycles. The van der Waals surface area contributed by atoms with Crippen molar-refractivity contribution in [3.63, 3.8) is 0 Å². The van der Waals surface area contributed by atoms with Crippen molar-refractivity contribution >= 4 is 22.7 Å². The molecule has 0 aliphatic rings. The smallest absolute Gasteiger partial charge is 0.199 e. The molecule has 0 amide bonds. The van der Waals surface area contributed by atoms with E-state index in [0.29, 0.717) is 6.42 Å². The minimum atomic E-state index is -0.599. The van der Waals surface area contributed by atoms with Gasteiger partial charge in [0.15, 0.2) is 10.9 Å². The summed E-state index contributed by atoms with van der Waals surface area (Å²) >= 11 is 1.07. The van der Waals surface area contributed by atoms with Crippen LogP contribution in [0.2, 0.25) is 0 Å². The normalized spacial score (nSPS) is 17.3. The first-order valence-electron chi connectivity index (χ1n) is 6.49. The molecule has 3 atom stereocenters. The molecular formula is C15H24O3S. The topological polar surface area (TPSA) is 54.4 Å². The van der Waals surface area contributed by atoms with E-state index in [1.807, 2.05) is 26.8 Å². The Hall–Kier alpha value is -0.870. The fraction of sp³-hybridized carbons (Fsp3) is 0.600. The van der Waals surface area contributed by atoms with Gasteiger partial charge in [0.2, 0.25) is 0 Å². The highest BCUT2D eigenvalue weighted by molar-refractivity contribution is 8.13. The highest BCUT2D eigenvalue weighted by Gasteiger charge is 2.17. The summed E-state index contributed by atoms with van der Waals surface area (Å²) in [7, 11) is 0. The summed E-state index contributed by atoms with van der Waals surface area (Å²) in [5.41, 5.74) is 0.914. The van der Waals surface area contributed by atoms with Gasteiger partial charge in [-0.3, -0.25) is 9.59 Å². The molecule has 3 nitrogen and oxygen atoms in total. The average Bonchev–Trinajstić information content (AvgIpc) is 2.41. The molecule has 0 saturated carbocycles. The van der Waals surface area contributed by atoms with Crippen molar-refractivity contribution in [1.29, 1.82) is 0 Å². The van der Waals surface area contributed by atoms with E-state index < -0.39 is 5.92 Å². The standard InChI is InChI=1S/C15H24O3S/c1-6-13(16)11(3)9-10(2)7-8-14(17)12(4)15(18)19-5/h7-9,11-13,16H,6H2,1-5H3/t11-,12-,13+/m0/s1. The quantitative estimate of drug-likeness (QED) is 0.443. The maximum Gasteiger partial charge on any atom is 0.199 e. The fourth-order valence-electron chi connectivity index (χ4n) is 1.60. The van der Waals surface area contributed by atoms with E-state index in [9.17, 15) is 14.7 Å². The van der Waals surface area contributed by atoms with Crippen molar-refractivity contribution in [2.24, 2.45) is 11.8 Å². The Kier molecular flexibility index (Phi) is 8.68. The van der Waals surface area contributed by atoms with Crippen molar-refractivity contribution in [2.45, 2.75) is 40.2 Å². The summed E-state index contributed by atoms with van der Waals surface area (Å²) < 4.78 is 0. The second kappa shape index (κ2) is 9.10. The number of rotatable bonds is 7. The molecule has 0 aromatic heterocycles. The monoisotopic (exact) mass is 284 g/mol. The SMILES string of the molecule is CC[C@@H](O)[C@@H](C)C=C(C)C=CC(=O)[C@H](C)C(=O)SC. The highest BCUT2D eigenvalue weighted by Crippen LogP contribution is 2.13. The maximum absolute atomic E-state index is 11.7. The van der Waals surface area contributed by atoms with Gasteiger partial charge in [-0.25, -0.2) is 0 Å². The van der Waals surface area contributed by atoms with Gasteiger partial charge in [-0.2, -0.15) is 0 Å². The van der Waals surface area contributed by atoms with Crippen LogP contribution in [0.3, 0.4) is 0 Å². The minimum absolute atomic E-state index is 0.0509. The second-order valence-electron chi connectivity index (χ2n) is 4.73. The van der Waals surface area contributed by atoms with Gasteiger partial charge >= 0.3 is 0 Å². The third-order valence-electron chi connectivity index (χ3n) is 3.04. The van der Waals surface area contributed by atoms with Crippen molar-refractivity contribution in [3.05, 3.63) is 23.8 Å². The van der Waals surface area contributed by atoms with Gasteiger partial charge in [0.1, 0.15) is 0 Å². The molecule has 0 radical (unpaired) electrons. The number of carbonyl (C=O) groups is 2. The number of carbonyl (C=O) groups excluding carboxylic acids is 2. The predicted octanol–water partition coefficient (Wildman–Crippen LogP) is 2.99. The second-order valence-corrected chi connectivity index (χ2v) is 5.54. The Balaban J connectivity index is 4.59. The van der Waals surface area contributed by atoms with E-state index in [-0.39, 0.29) is 22.9 Å². The van der Waals surface area contributed by atoms with Crippen molar-refractivity contribution in [2.75, 3.05) is 6.26 Å². The molecule has 0 rings (SSSR count). The number of allylic oxidation sites excluding steroid dienone is 3. The molecule has 0 heterocycles. The largest absolute Gasteiger partial charge is 0.393 e. The lowest BCUT2D eigenvalue weighted by Gasteiger charge is -2.13. The van der Waals surface area contributed by atoms with Crippen molar-refractivity contribution < 1.29 is 14.7 Å². The van der Waals surface area contributed by atoms with Crippen LogP contribution in [0.4, 0.5) is 0 Å². The number of hydrogen-bond donors (Lipinski definition) is 1. The van der Waals surface area contributed by atoms with E-state index in [0.717, 1.165) is 17.3 Å². The minimum Gasteiger partial charge on any atom is -0.393 e. The molecule has 19 heavy (non-hydrogen) atoms. The van der Waals surface area contributed by atoms with Crippen LogP contribution in [0.5, 0.6) is 0 Å². The first-order valence-corrected chi connectivity index (χ1v) is 7.72. The lowest BCUT2D eigenvalue weighted by atomic mass is 9.99. The average molecular weight is 284 g/mol. The maximum atomic E-state index is 11.7. The molecule has 4 heteroatoms. The van der Waals surface area contributed by atoms with Crippen LogP contribution in [0.15, 0.2) is 23.8 Å². The predicted molar refractivity (Wildman–Crippen MR) is 81.1 cm³/mol. The Labute approximate surface area is 120 Å². The molecule has 0 saturated heterocycles. The van der Waals surface area contributed by atoms with Gasteiger partial charge in [0, 0.05) is 5.92 Å². The molecule has 0 aliphatic carbocycles. The zero-order valence-electron chi connectivity index (χ0n) is 12.3. The molecule has 0 fully saturated rings. The lowest BCUT2D eigenvalue weighted by Crippen LogP contribution is -2.16. The first kappa shape index (κ1) is 18.1. The van der Waals surface area contributed by atoms with Crippen LogP contribution < -0.4 is 0 Å². The van der Waals surface area contributed by atoms with E-state index in [2.05, 4.69) is 0 Å². The van der Waals surface area contributed by atoms with E-state index in [4.69, 9.17) is 0 Å². The summed E-state index contributed by atoms with van der Waals surface area (Å²) in [6.07, 6.45) is 7.08. The molecule has 1 N–H and O–H groups in total. The Morgan fingerprint density at radius 1 is 1.26 bits per heavy atom. The number of ketones is 1. The summed E-state index contributed by atoms with van der Waals surface area (Å²) in [4.78, 5) is 23.1. The summed E-state index contributed by atoms with van der Waals surface area (Å²) in [5, 5.41) is 9.54. The van der Waals surface area contributed by atoms with E-state index in [1.165, 1.54) is 6.08 Å². The zero-order valence-corrected chi connectivity index (χ0v) is 13.2. The Morgan fingerprint density at radius 2 is 1.84 bits per heavy atom. The molecule has 108 valence electrons. The molecule has 0 spiro atoms. The van der Waals surface area contributed by atoms with E-state index >= 15 is 0 Å². The number of aliphatic hydroxyl groups excluding tert-OH is 1.